The molecule has 0 radical (unpaired) electrons. The molecule has 2 aromatic carbocycles. The van der Waals surface area contributed by atoms with Crippen molar-refractivity contribution >= 4 is 15.9 Å². The average molecular weight is 558 g/mol. The van der Waals surface area contributed by atoms with E-state index in [0.29, 0.717) is 25.9 Å². The summed E-state index contributed by atoms with van der Waals surface area (Å²) in [5.41, 5.74) is 7.72. The molecule has 3 fully saturated rings. The Morgan fingerprint density at radius 2 is 1.69 bits per heavy atom. The third-order valence-electron chi connectivity index (χ3n) is 8.57. The molecule has 5 rings (SSSR count). The lowest BCUT2D eigenvalue weighted by atomic mass is 9.87. The van der Waals surface area contributed by atoms with Crippen LogP contribution in [0, 0.1) is 6.92 Å². The largest absolute Gasteiger partial charge is 0.381 e. The zero-order valence-electron chi connectivity index (χ0n) is 22.6. The molecule has 9 nitrogen and oxygen atoms in total. The van der Waals surface area contributed by atoms with Crippen molar-refractivity contribution in [3.05, 3.63) is 59.2 Å². The van der Waals surface area contributed by atoms with Crippen LogP contribution >= 0.6 is 0 Å². The SMILES string of the molecule is Cc1cc(C2CCN(S(=O)(=O)C3(C(=O)NO)CCOCC3)CC2)ccc1-c1cccc(CN2CCOCC2)c1. The van der Waals surface area contributed by atoms with E-state index in [1.807, 2.05) is 0 Å². The first kappa shape index (κ1) is 28.2. The van der Waals surface area contributed by atoms with Gasteiger partial charge in [-0.1, -0.05) is 36.4 Å². The number of nitrogens with one attached hydrogen (secondary N) is 1. The van der Waals surface area contributed by atoms with Crippen LogP contribution < -0.4 is 5.48 Å². The number of sulfonamides is 1. The van der Waals surface area contributed by atoms with Crippen molar-refractivity contribution in [1.82, 2.24) is 14.7 Å². The van der Waals surface area contributed by atoms with E-state index in [0.717, 1.165) is 32.8 Å². The molecule has 3 saturated heterocycles. The Kier molecular flexibility index (Phi) is 8.70. The average Bonchev–Trinajstić information content (AvgIpc) is 2.97. The van der Waals surface area contributed by atoms with Gasteiger partial charge in [-0.05, 0) is 59.6 Å². The van der Waals surface area contributed by atoms with Crippen molar-refractivity contribution in [2.75, 3.05) is 52.6 Å². The molecule has 3 heterocycles. The number of nitrogens with zero attached hydrogens (tertiary/aromatic N) is 2. The molecule has 1 amide bonds. The first-order valence-corrected chi connectivity index (χ1v) is 15.3. The summed E-state index contributed by atoms with van der Waals surface area (Å²) in [6, 6.07) is 15.3. The highest BCUT2D eigenvalue weighted by Gasteiger charge is 2.54. The summed E-state index contributed by atoms with van der Waals surface area (Å²) in [4.78, 5) is 15.0. The maximum Gasteiger partial charge on any atom is 0.266 e. The molecule has 2 aromatic rings. The summed E-state index contributed by atoms with van der Waals surface area (Å²) < 4.78 is 37.8. The molecular weight excluding hydrogens is 518 g/mol. The van der Waals surface area contributed by atoms with Crippen LogP contribution in [0.3, 0.4) is 0 Å². The number of benzene rings is 2. The molecule has 0 spiro atoms. The molecule has 0 atom stereocenters. The third kappa shape index (κ3) is 5.77. The third-order valence-corrected chi connectivity index (χ3v) is 11.2. The Bertz CT molecular complexity index is 1260. The lowest BCUT2D eigenvalue weighted by molar-refractivity contribution is -0.134. The van der Waals surface area contributed by atoms with Gasteiger partial charge < -0.3 is 9.47 Å². The summed E-state index contributed by atoms with van der Waals surface area (Å²) in [5.74, 6) is -0.623. The molecule has 0 saturated carbocycles. The number of carbonyl (C=O) groups is 1. The minimum Gasteiger partial charge on any atom is -0.381 e. The highest BCUT2D eigenvalue weighted by atomic mass is 32.2. The van der Waals surface area contributed by atoms with E-state index in [1.54, 1.807) is 5.48 Å². The van der Waals surface area contributed by atoms with Gasteiger partial charge in [-0.3, -0.25) is 14.9 Å². The van der Waals surface area contributed by atoms with E-state index in [1.165, 1.54) is 32.1 Å². The Morgan fingerprint density at radius 1 is 1.00 bits per heavy atom. The van der Waals surface area contributed by atoms with Crippen LogP contribution in [0.4, 0.5) is 0 Å². The fourth-order valence-electron chi connectivity index (χ4n) is 6.20. The molecule has 3 aliphatic heterocycles. The minimum atomic E-state index is -3.96. The van der Waals surface area contributed by atoms with Crippen LogP contribution in [-0.2, 0) is 30.8 Å². The van der Waals surface area contributed by atoms with Gasteiger partial charge >= 0.3 is 0 Å². The second-order valence-corrected chi connectivity index (χ2v) is 13.1. The van der Waals surface area contributed by atoms with Gasteiger partial charge in [0.25, 0.3) is 5.91 Å². The van der Waals surface area contributed by atoms with Crippen LogP contribution in [0.5, 0.6) is 0 Å². The number of hydroxylamine groups is 1. The van der Waals surface area contributed by atoms with Gasteiger partial charge in [0, 0.05) is 58.8 Å². The van der Waals surface area contributed by atoms with E-state index in [-0.39, 0.29) is 32.0 Å². The van der Waals surface area contributed by atoms with Gasteiger partial charge in [-0.25, -0.2) is 18.2 Å². The smallest absolute Gasteiger partial charge is 0.266 e. The number of amides is 1. The van der Waals surface area contributed by atoms with E-state index >= 15 is 0 Å². The molecule has 212 valence electrons. The number of ether oxygens (including phenoxy) is 2. The van der Waals surface area contributed by atoms with Gasteiger partial charge in [0.1, 0.15) is 0 Å². The highest BCUT2D eigenvalue weighted by molar-refractivity contribution is 7.91. The number of piperidine rings is 1. The van der Waals surface area contributed by atoms with Gasteiger partial charge in [0.05, 0.1) is 13.2 Å². The van der Waals surface area contributed by atoms with Crippen molar-refractivity contribution in [2.24, 2.45) is 0 Å². The first-order chi connectivity index (χ1) is 18.8. The minimum absolute atomic E-state index is 0.0377. The van der Waals surface area contributed by atoms with Crippen molar-refractivity contribution in [2.45, 2.75) is 49.8 Å². The van der Waals surface area contributed by atoms with Crippen LogP contribution in [-0.4, -0.2) is 86.1 Å². The zero-order valence-corrected chi connectivity index (χ0v) is 23.4. The maximum absolute atomic E-state index is 13.6. The zero-order chi connectivity index (χ0) is 27.5. The summed E-state index contributed by atoms with van der Waals surface area (Å²) >= 11 is 0. The van der Waals surface area contributed by atoms with E-state index < -0.39 is 20.7 Å². The second kappa shape index (κ2) is 12.0. The van der Waals surface area contributed by atoms with E-state index in [9.17, 15) is 18.4 Å². The normalized spacial score (nSPS) is 21.5. The monoisotopic (exact) mass is 557 g/mol. The summed E-state index contributed by atoms with van der Waals surface area (Å²) in [6.45, 7) is 7.59. The van der Waals surface area contributed by atoms with Gasteiger partial charge in [-0.15, -0.1) is 0 Å². The topological polar surface area (TPSA) is 108 Å². The molecule has 0 aliphatic carbocycles. The molecular formula is C29H39N3O6S. The number of aryl methyl sites for hydroxylation is 1. The summed E-state index contributed by atoms with van der Waals surface area (Å²) in [7, 11) is -3.96. The molecule has 2 N–H and O–H groups in total. The number of hydrogen-bond acceptors (Lipinski definition) is 7. The first-order valence-electron chi connectivity index (χ1n) is 13.9. The predicted molar refractivity (Wildman–Crippen MR) is 148 cm³/mol. The second-order valence-electron chi connectivity index (χ2n) is 10.9. The van der Waals surface area contributed by atoms with Crippen molar-refractivity contribution in [3.8, 4) is 11.1 Å². The van der Waals surface area contributed by atoms with Crippen molar-refractivity contribution in [1.29, 1.82) is 0 Å². The lowest BCUT2D eigenvalue weighted by Gasteiger charge is -2.40. The summed E-state index contributed by atoms with van der Waals surface area (Å²) in [5, 5.41) is 9.29. The maximum atomic E-state index is 13.6. The lowest BCUT2D eigenvalue weighted by Crippen LogP contribution is -2.60. The van der Waals surface area contributed by atoms with Gasteiger partial charge in [0.2, 0.25) is 10.0 Å². The van der Waals surface area contributed by atoms with E-state index in [2.05, 4.69) is 54.3 Å². The van der Waals surface area contributed by atoms with Crippen LogP contribution in [0.25, 0.3) is 11.1 Å². The molecule has 0 unspecified atom stereocenters. The van der Waals surface area contributed by atoms with Crippen LogP contribution in [0.15, 0.2) is 42.5 Å². The highest BCUT2D eigenvalue weighted by Crippen LogP contribution is 2.38. The predicted octanol–water partition coefficient (Wildman–Crippen LogP) is 3.06. The molecule has 3 aliphatic rings. The Morgan fingerprint density at radius 3 is 2.36 bits per heavy atom. The van der Waals surface area contributed by atoms with Crippen LogP contribution in [0.1, 0.15) is 48.3 Å². The molecule has 10 heteroatoms. The standard InChI is InChI=1S/C29H39N3O6S/c1-22-19-25(5-6-27(22)26-4-2-3-23(20-26)21-31-13-17-38-18-14-31)24-7-11-32(12-8-24)39(35,36)29(28(33)30-34)9-15-37-16-10-29/h2-6,19-20,24,34H,7-18,21H2,1H3,(H,30,33). The Hall–Kier alpha value is -2.34. The van der Waals surface area contributed by atoms with Crippen LogP contribution in [0.2, 0.25) is 0 Å². The summed E-state index contributed by atoms with van der Waals surface area (Å²) in [6.07, 6.45) is 1.44. The van der Waals surface area contributed by atoms with Crippen molar-refractivity contribution in [3.63, 3.8) is 0 Å². The van der Waals surface area contributed by atoms with E-state index in [4.69, 9.17) is 9.47 Å². The Balaban J connectivity index is 1.26. The molecule has 39 heavy (non-hydrogen) atoms. The molecule has 0 aromatic heterocycles. The number of hydrogen-bond donors (Lipinski definition) is 2. The molecule has 0 bridgehead atoms. The quantitative estimate of drug-likeness (QED) is 0.398. The number of rotatable bonds is 7. The number of morpholine rings is 1. The Labute approximate surface area is 231 Å². The van der Waals surface area contributed by atoms with Gasteiger partial charge in [-0.2, -0.15) is 0 Å². The van der Waals surface area contributed by atoms with Gasteiger partial charge in [0.15, 0.2) is 4.75 Å². The number of carbonyl (C=O) groups excluding carboxylic acids is 1. The van der Waals surface area contributed by atoms with Crippen molar-refractivity contribution < 1.29 is 27.9 Å². The fourth-order valence-corrected chi connectivity index (χ4v) is 8.35. The fraction of sp³-hybridized carbons (Fsp3) is 0.552.